The molecule has 17 heavy (non-hydrogen) atoms. The average molecular weight is 255 g/mol. The number of amides is 1. The highest BCUT2D eigenvalue weighted by Crippen LogP contribution is 2.26. The van der Waals surface area contributed by atoms with Crippen molar-refractivity contribution in [1.29, 1.82) is 0 Å². The molecule has 0 saturated carbocycles. The Hall–Kier alpha value is -1.06. The summed E-state index contributed by atoms with van der Waals surface area (Å²) in [5.41, 5.74) is 7.13. The number of rotatable bonds is 2. The van der Waals surface area contributed by atoms with Crippen LogP contribution in [0.25, 0.3) is 0 Å². The molecule has 94 valence electrons. The van der Waals surface area contributed by atoms with Crippen LogP contribution in [0.2, 0.25) is 5.02 Å². The van der Waals surface area contributed by atoms with Gasteiger partial charge in [-0.2, -0.15) is 0 Å². The van der Waals surface area contributed by atoms with E-state index >= 15 is 0 Å². The first-order valence-corrected chi connectivity index (χ1v) is 5.93. The molecule has 0 aliphatic carbocycles. The number of hydrogen-bond acceptors (Lipinski definition) is 2. The van der Waals surface area contributed by atoms with E-state index < -0.39 is 6.04 Å². The molecule has 0 bridgehead atoms. The van der Waals surface area contributed by atoms with Crippen molar-refractivity contribution >= 4 is 23.2 Å². The van der Waals surface area contributed by atoms with Crippen LogP contribution in [0, 0.1) is 12.3 Å². The van der Waals surface area contributed by atoms with Gasteiger partial charge in [-0.25, -0.2) is 0 Å². The summed E-state index contributed by atoms with van der Waals surface area (Å²) in [5.74, 6) is -0.218. The molecule has 0 spiro atoms. The second kappa shape index (κ2) is 5.07. The van der Waals surface area contributed by atoms with Gasteiger partial charge in [-0.15, -0.1) is 0 Å². The number of hydrogen-bond donors (Lipinski definition) is 2. The second-order valence-electron chi connectivity index (χ2n) is 5.27. The smallest absolute Gasteiger partial charge is 0.241 e. The van der Waals surface area contributed by atoms with Crippen LogP contribution in [0.4, 0.5) is 5.69 Å². The highest BCUT2D eigenvalue weighted by molar-refractivity contribution is 6.34. The van der Waals surface area contributed by atoms with Crippen LogP contribution in [0.15, 0.2) is 18.2 Å². The summed E-state index contributed by atoms with van der Waals surface area (Å²) in [6.07, 6.45) is 0. The Balaban J connectivity index is 2.86. The molecule has 1 aromatic rings. The van der Waals surface area contributed by atoms with Gasteiger partial charge in [0, 0.05) is 0 Å². The fraction of sp³-hybridized carbons (Fsp3) is 0.462. The highest BCUT2D eigenvalue weighted by atomic mass is 35.5. The predicted octanol–water partition coefficient (Wildman–Crippen LogP) is 2.96. The monoisotopic (exact) mass is 254 g/mol. The Labute approximate surface area is 107 Å². The van der Waals surface area contributed by atoms with Crippen molar-refractivity contribution < 1.29 is 4.79 Å². The van der Waals surface area contributed by atoms with Crippen LogP contribution in [-0.2, 0) is 4.79 Å². The minimum Gasteiger partial charge on any atom is -0.323 e. The lowest BCUT2D eigenvalue weighted by molar-refractivity contribution is -0.119. The lowest BCUT2D eigenvalue weighted by atomic mass is 9.87. The summed E-state index contributed by atoms with van der Waals surface area (Å²) >= 11 is 6.10. The van der Waals surface area contributed by atoms with Gasteiger partial charge in [0.05, 0.1) is 16.8 Å². The molecule has 0 fully saturated rings. The first-order chi connectivity index (χ1) is 7.73. The first kappa shape index (κ1) is 14.0. The van der Waals surface area contributed by atoms with E-state index in [1.54, 1.807) is 6.07 Å². The molecular formula is C13H19ClN2O. The summed E-state index contributed by atoms with van der Waals surface area (Å²) in [7, 11) is 0. The Kier molecular flexibility index (Phi) is 4.17. The number of carbonyl (C=O) groups excluding carboxylic acids is 1. The fourth-order valence-electron chi connectivity index (χ4n) is 1.35. The maximum Gasteiger partial charge on any atom is 0.241 e. The summed E-state index contributed by atoms with van der Waals surface area (Å²) in [6.45, 7) is 7.67. The standard InChI is InChI=1S/C13H19ClN2O/c1-8-6-5-7-9(10(8)14)16-12(17)11(15)13(2,3)4/h5-7,11H,15H2,1-4H3,(H,16,17)/t11-/m1/s1. The van der Waals surface area contributed by atoms with Crippen LogP contribution >= 0.6 is 11.6 Å². The largest absolute Gasteiger partial charge is 0.323 e. The Morgan fingerprint density at radius 1 is 1.41 bits per heavy atom. The summed E-state index contributed by atoms with van der Waals surface area (Å²) in [6, 6.07) is 4.93. The van der Waals surface area contributed by atoms with Gasteiger partial charge in [-0.05, 0) is 24.0 Å². The molecule has 1 amide bonds. The van der Waals surface area contributed by atoms with Gasteiger partial charge in [0.1, 0.15) is 0 Å². The average Bonchev–Trinajstić information content (AvgIpc) is 2.22. The summed E-state index contributed by atoms with van der Waals surface area (Å²) in [4.78, 5) is 11.9. The molecule has 0 heterocycles. The van der Waals surface area contributed by atoms with E-state index in [1.807, 2.05) is 39.8 Å². The van der Waals surface area contributed by atoms with Crippen LogP contribution in [0.1, 0.15) is 26.3 Å². The Morgan fingerprint density at radius 3 is 2.53 bits per heavy atom. The number of anilines is 1. The van der Waals surface area contributed by atoms with Gasteiger partial charge in [-0.1, -0.05) is 44.5 Å². The molecule has 4 heteroatoms. The van der Waals surface area contributed by atoms with Crippen LogP contribution in [-0.4, -0.2) is 11.9 Å². The summed E-state index contributed by atoms with van der Waals surface area (Å²) in [5, 5.41) is 3.32. The molecular weight excluding hydrogens is 236 g/mol. The van der Waals surface area contributed by atoms with Crippen LogP contribution < -0.4 is 11.1 Å². The lowest BCUT2D eigenvalue weighted by Gasteiger charge is -2.26. The molecule has 1 rings (SSSR count). The van der Waals surface area contributed by atoms with E-state index in [0.717, 1.165) is 5.56 Å². The predicted molar refractivity (Wildman–Crippen MR) is 72.2 cm³/mol. The third-order valence-corrected chi connectivity index (χ3v) is 3.17. The van der Waals surface area contributed by atoms with Crippen molar-refractivity contribution in [2.75, 3.05) is 5.32 Å². The van der Waals surface area contributed by atoms with E-state index in [2.05, 4.69) is 5.32 Å². The molecule has 1 aromatic carbocycles. The van der Waals surface area contributed by atoms with Gasteiger partial charge in [0.2, 0.25) is 5.91 Å². The van der Waals surface area contributed by atoms with Gasteiger partial charge in [0.25, 0.3) is 0 Å². The van der Waals surface area contributed by atoms with E-state index in [4.69, 9.17) is 17.3 Å². The number of carbonyl (C=O) groups is 1. The Morgan fingerprint density at radius 2 is 2.00 bits per heavy atom. The second-order valence-corrected chi connectivity index (χ2v) is 5.65. The van der Waals surface area contributed by atoms with Gasteiger partial charge >= 0.3 is 0 Å². The van der Waals surface area contributed by atoms with Gasteiger partial charge < -0.3 is 11.1 Å². The zero-order valence-corrected chi connectivity index (χ0v) is 11.4. The van der Waals surface area contributed by atoms with Crippen molar-refractivity contribution in [1.82, 2.24) is 0 Å². The number of aryl methyl sites for hydroxylation is 1. The minimum atomic E-state index is -0.570. The molecule has 0 aliphatic heterocycles. The minimum absolute atomic E-state index is 0.218. The van der Waals surface area contributed by atoms with E-state index in [9.17, 15) is 4.79 Å². The fourth-order valence-corrected chi connectivity index (χ4v) is 1.52. The molecule has 0 aliphatic rings. The molecule has 0 aromatic heterocycles. The SMILES string of the molecule is Cc1cccc(NC(=O)[C@@H](N)C(C)(C)C)c1Cl. The third kappa shape index (κ3) is 3.45. The van der Waals surface area contributed by atoms with E-state index in [0.29, 0.717) is 10.7 Å². The third-order valence-electron chi connectivity index (χ3n) is 2.67. The van der Waals surface area contributed by atoms with Crippen molar-refractivity contribution in [2.45, 2.75) is 33.7 Å². The summed E-state index contributed by atoms with van der Waals surface area (Å²) < 4.78 is 0. The van der Waals surface area contributed by atoms with Crippen molar-refractivity contribution in [3.63, 3.8) is 0 Å². The zero-order valence-electron chi connectivity index (χ0n) is 10.7. The molecule has 0 radical (unpaired) electrons. The first-order valence-electron chi connectivity index (χ1n) is 5.55. The lowest BCUT2D eigenvalue weighted by Crippen LogP contribution is -2.45. The van der Waals surface area contributed by atoms with Gasteiger partial charge in [-0.3, -0.25) is 4.79 Å². The number of nitrogens with two attached hydrogens (primary N) is 1. The van der Waals surface area contributed by atoms with E-state index in [-0.39, 0.29) is 11.3 Å². The maximum atomic E-state index is 11.9. The normalized spacial score (nSPS) is 13.3. The van der Waals surface area contributed by atoms with Crippen molar-refractivity contribution in [3.05, 3.63) is 28.8 Å². The quantitative estimate of drug-likeness (QED) is 0.853. The van der Waals surface area contributed by atoms with Crippen molar-refractivity contribution in [3.8, 4) is 0 Å². The Bertz CT molecular complexity index is 424. The topological polar surface area (TPSA) is 55.1 Å². The molecule has 0 saturated heterocycles. The van der Waals surface area contributed by atoms with Crippen LogP contribution in [0.3, 0.4) is 0 Å². The number of nitrogens with one attached hydrogen (secondary N) is 1. The highest BCUT2D eigenvalue weighted by Gasteiger charge is 2.27. The van der Waals surface area contributed by atoms with Crippen LogP contribution in [0.5, 0.6) is 0 Å². The van der Waals surface area contributed by atoms with Gasteiger partial charge in [0.15, 0.2) is 0 Å². The number of benzene rings is 1. The van der Waals surface area contributed by atoms with Crippen molar-refractivity contribution in [2.24, 2.45) is 11.1 Å². The molecule has 3 nitrogen and oxygen atoms in total. The van der Waals surface area contributed by atoms with E-state index in [1.165, 1.54) is 0 Å². The number of halogens is 1. The molecule has 0 unspecified atom stereocenters. The molecule has 3 N–H and O–H groups in total. The maximum absolute atomic E-state index is 11.9. The zero-order chi connectivity index (χ0) is 13.2. The molecule has 1 atom stereocenters.